The van der Waals surface area contributed by atoms with E-state index in [4.69, 9.17) is 16.3 Å². The van der Waals surface area contributed by atoms with Crippen molar-refractivity contribution < 1.29 is 29.6 Å². The summed E-state index contributed by atoms with van der Waals surface area (Å²) in [4.78, 5) is 24.6. The number of ether oxygens (including phenoxy) is 1. The molecule has 3 N–H and O–H groups in total. The maximum absolute atomic E-state index is 12.5. The lowest BCUT2D eigenvalue weighted by Crippen LogP contribution is -2.40. The van der Waals surface area contributed by atoms with Gasteiger partial charge in [-0.25, -0.2) is 4.79 Å². The number of aryl methyl sites for hydroxylation is 1. The number of aliphatic hydroxyl groups is 2. The van der Waals surface area contributed by atoms with Crippen molar-refractivity contribution in [2.75, 3.05) is 6.61 Å². The van der Waals surface area contributed by atoms with Gasteiger partial charge in [-0.3, -0.25) is 4.79 Å². The molecule has 2 fully saturated rings. The first kappa shape index (κ1) is 46.2. The number of allylic oxidation sites excluding steroid dienone is 2. The summed E-state index contributed by atoms with van der Waals surface area (Å²) in [5, 5.41) is 31.2. The van der Waals surface area contributed by atoms with Gasteiger partial charge in [-0.05, 0) is 92.7 Å². The van der Waals surface area contributed by atoms with Crippen molar-refractivity contribution in [2.24, 2.45) is 17.3 Å². The molecule has 0 bridgehead atoms. The molecule has 0 heterocycles. The fourth-order valence-corrected chi connectivity index (χ4v) is 9.24. The third-order valence-electron chi connectivity index (χ3n) is 12.6. The van der Waals surface area contributed by atoms with Gasteiger partial charge in [0, 0.05) is 24.1 Å². The minimum Gasteiger partial charge on any atom is -0.478 e. The highest BCUT2D eigenvalue weighted by atomic mass is 35.5. The number of alkyl halides is 1. The molecule has 1 aromatic rings. The Kier molecular flexibility index (Phi) is 22.8. The second-order valence-electron chi connectivity index (χ2n) is 16.5. The molecule has 0 aromatic heterocycles. The van der Waals surface area contributed by atoms with Crippen LogP contribution in [-0.2, 0) is 22.4 Å². The van der Waals surface area contributed by atoms with E-state index in [-0.39, 0.29) is 41.3 Å². The van der Waals surface area contributed by atoms with Gasteiger partial charge in [0.2, 0.25) is 0 Å². The largest absolute Gasteiger partial charge is 0.478 e. The minimum atomic E-state index is -0.937. The molecule has 2 aliphatic rings. The quantitative estimate of drug-likeness (QED) is 0.0311. The number of aliphatic hydroxyl groups excluding tert-OH is 2. The number of carbonyl (C=O) groups is 2. The van der Waals surface area contributed by atoms with E-state index in [1.54, 1.807) is 6.07 Å². The molecular weight excluding hydrogens is 696 g/mol. The molecule has 7 heteroatoms. The molecule has 5 atom stereocenters. The van der Waals surface area contributed by atoms with Crippen molar-refractivity contribution in [1.82, 2.24) is 0 Å². The van der Waals surface area contributed by atoms with Gasteiger partial charge < -0.3 is 20.1 Å². The Bertz CT molecular complexity index is 1250. The van der Waals surface area contributed by atoms with Crippen molar-refractivity contribution in [3.63, 3.8) is 0 Å². The summed E-state index contributed by atoms with van der Waals surface area (Å²) in [6.07, 6.45) is 35.1. The van der Waals surface area contributed by atoms with E-state index in [1.165, 1.54) is 83.5 Å². The van der Waals surface area contributed by atoms with Crippen LogP contribution >= 0.6 is 11.6 Å². The molecular formula is C47H75ClO6. The highest BCUT2D eigenvalue weighted by Gasteiger charge is 2.42. The number of hydrogen-bond acceptors (Lipinski definition) is 5. The highest BCUT2D eigenvalue weighted by Crippen LogP contribution is 2.48. The Morgan fingerprint density at radius 1 is 0.889 bits per heavy atom. The number of aromatic carboxylic acids is 1. The van der Waals surface area contributed by atoms with Crippen LogP contribution in [-0.4, -0.2) is 51.5 Å². The molecule has 6 nitrogen and oxygen atoms in total. The van der Waals surface area contributed by atoms with Crippen molar-refractivity contribution >= 4 is 23.5 Å². The van der Waals surface area contributed by atoms with E-state index < -0.39 is 12.1 Å². The topological polar surface area (TPSA) is 104 Å². The van der Waals surface area contributed by atoms with Gasteiger partial charge in [0.15, 0.2) is 0 Å². The standard InChI is InChI=1S/C47H75ClO6/c1-3-5-6-7-8-9-10-11-12-13-14-15-16-19-25-37-26-22-29-41(46(52)53)38(37)32-35-54-45(51)31-21-18-17-20-27-39-40(43(49)36-42(39)48)28-23-30-44(50)47(4-2)33-24-34-47/h17,20,22-23,26,28-29,39-40,42-44,49-50H,3-16,18-19,21,24-25,27,30-36H2,1-2H3,(H,52,53)/b20-17-,28-23+/t39-,40-,42-,43-,44+/m1/s1. The number of rotatable bonds is 30. The van der Waals surface area contributed by atoms with Gasteiger partial charge in [-0.2, -0.15) is 0 Å². The Balaban J connectivity index is 1.30. The van der Waals surface area contributed by atoms with Crippen LogP contribution in [0.25, 0.3) is 0 Å². The SMILES string of the molecule is CCCCCCCCCCCCCCCCc1cccc(C(=O)O)c1CCOC(=O)CCC/C=C\C[C@@H]1[C@@H](/C=C/C[C@H](O)C2(CC)CCC2)[C@H](O)C[C@H]1Cl. The first-order chi connectivity index (χ1) is 26.2. The fourth-order valence-electron chi connectivity index (χ4n) is 8.78. The third kappa shape index (κ3) is 16.1. The fraction of sp³-hybridized carbons (Fsp3) is 0.745. The number of carbonyl (C=O) groups excluding carboxylic acids is 1. The van der Waals surface area contributed by atoms with Gasteiger partial charge in [0.25, 0.3) is 0 Å². The number of carboxylic acids is 1. The Labute approximate surface area is 333 Å². The zero-order valence-electron chi connectivity index (χ0n) is 34.0. The molecule has 54 heavy (non-hydrogen) atoms. The highest BCUT2D eigenvalue weighted by molar-refractivity contribution is 6.21. The van der Waals surface area contributed by atoms with Gasteiger partial charge in [0.1, 0.15) is 0 Å². The van der Waals surface area contributed by atoms with Crippen LogP contribution in [0.15, 0.2) is 42.5 Å². The average Bonchev–Trinajstić information content (AvgIpc) is 3.40. The predicted molar refractivity (Wildman–Crippen MR) is 223 cm³/mol. The number of halogens is 1. The van der Waals surface area contributed by atoms with Crippen molar-refractivity contribution in [3.05, 3.63) is 59.2 Å². The van der Waals surface area contributed by atoms with Crippen LogP contribution in [0.2, 0.25) is 0 Å². The van der Waals surface area contributed by atoms with E-state index in [0.29, 0.717) is 37.7 Å². The zero-order chi connectivity index (χ0) is 39.0. The van der Waals surface area contributed by atoms with E-state index in [1.807, 2.05) is 18.2 Å². The normalized spacial score (nSPS) is 21.5. The molecule has 0 unspecified atom stereocenters. The third-order valence-corrected chi connectivity index (χ3v) is 13.1. The summed E-state index contributed by atoms with van der Waals surface area (Å²) < 4.78 is 5.56. The maximum atomic E-state index is 12.5. The van der Waals surface area contributed by atoms with Crippen LogP contribution in [0.5, 0.6) is 0 Å². The molecule has 3 rings (SSSR count). The number of carboxylic acid groups (broad SMARTS) is 1. The average molecular weight is 772 g/mol. The lowest BCUT2D eigenvalue weighted by Gasteiger charge is -2.45. The second-order valence-corrected chi connectivity index (χ2v) is 17.0. The molecule has 0 radical (unpaired) electrons. The van der Waals surface area contributed by atoms with Crippen molar-refractivity contribution in [1.29, 1.82) is 0 Å². The summed E-state index contributed by atoms with van der Waals surface area (Å²) in [6.45, 7) is 4.61. The van der Waals surface area contributed by atoms with Gasteiger partial charge in [-0.15, -0.1) is 11.6 Å². The monoisotopic (exact) mass is 771 g/mol. The Morgan fingerprint density at radius 3 is 2.13 bits per heavy atom. The predicted octanol–water partition coefficient (Wildman–Crippen LogP) is 12.1. The zero-order valence-corrected chi connectivity index (χ0v) is 34.7. The number of esters is 1. The molecule has 306 valence electrons. The van der Waals surface area contributed by atoms with Crippen LogP contribution < -0.4 is 0 Å². The van der Waals surface area contributed by atoms with Crippen LogP contribution in [0, 0.1) is 17.3 Å². The van der Waals surface area contributed by atoms with E-state index in [0.717, 1.165) is 62.5 Å². The van der Waals surface area contributed by atoms with Gasteiger partial charge in [0.05, 0.1) is 24.4 Å². The Hall–Kier alpha value is -2.15. The second kappa shape index (κ2) is 26.7. The van der Waals surface area contributed by atoms with E-state index in [2.05, 4.69) is 32.1 Å². The first-order valence-corrected chi connectivity index (χ1v) is 22.5. The van der Waals surface area contributed by atoms with Crippen molar-refractivity contribution in [3.8, 4) is 0 Å². The van der Waals surface area contributed by atoms with E-state index >= 15 is 0 Å². The van der Waals surface area contributed by atoms with Gasteiger partial charge in [-0.1, -0.05) is 140 Å². The molecule has 0 amide bonds. The summed E-state index contributed by atoms with van der Waals surface area (Å²) in [7, 11) is 0. The lowest BCUT2D eigenvalue weighted by molar-refractivity contribution is -0.143. The molecule has 2 saturated carbocycles. The first-order valence-electron chi connectivity index (χ1n) is 22.0. The summed E-state index contributed by atoms with van der Waals surface area (Å²) in [6, 6.07) is 5.51. The summed E-state index contributed by atoms with van der Waals surface area (Å²) >= 11 is 6.65. The van der Waals surface area contributed by atoms with Crippen LogP contribution in [0.4, 0.5) is 0 Å². The Morgan fingerprint density at radius 2 is 1.54 bits per heavy atom. The van der Waals surface area contributed by atoms with Crippen molar-refractivity contribution in [2.45, 2.75) is 198 Å². The lowest BCUT2D eigenvalue weighted by atomic mass is 9.63. The summed E-state index contributed by atoms with van der Waals surface area (Å²) in [5.41, 5.74) is 2.22. The van der Waals surface area contributed by atoms with Gasteiger partial charge >= 0.3 is 11.9 Å². The number of hydrogen-bond donors (Lipinski definition) is 3. The number of unbranched alkanes of at least 4 members (excludes halogenated alkanes) is 14. The van der Waals surface area contributed by atoms with Crippen LogP contribution in [0.3, 0.4) is 0 Å². The molecule has 0 saturated heterocycles. The minimum absolute atomic E-state index is 0.0238. The maximum Gasteiger partial charge on any atom is 0.335 e. The molecule has 1 aromatic carbocycles. The molecule has 0 aliphatic heterocycles. The summed E-state index contributed by atoms with van der Waals surface area (Å²) in [5.74, 6) is -1.09. The molecule has 2 aliphatic carbocycles. The van der Waals surface area contributed by atoms with Crippen LogP contribution in [0.1, 0.15) is 189 Å². The smallest absolute Gasteiger partial charge is 0.335 e. The molecule has 0 spiro atoms. The number of benzene rings is 1. The van der Waals surface area contributed by atoms with E-state index in [9.17, 15) is 24.9 Å².